The molecule has 70 valence electrons. The van der Waals surface area contributed by atoms with Gasteiger partial charge in [-0.15, -0.1) is 0 Å². The summed E-state index contributed by atoms with van der Waals surface area (Å²) >= 11 is 0. The minimum Gasteiger partial charge on any atom is -0.298 e. The molecule has 0 radical (unpaired) electrons. The van der Waals surface area contributed by atoms with Crippen LogP contribution in [-0.4, -0.2) is 23.5 Å². The zero-order valence-electron chi connectivity index (χ0n) is 8.80. The molecule has 0 saturated carbocycles. The van der Waals surface area contributed by atoms with Crippen LogP contribution in [0, 0.1) is 0 Å². The van der Waals surface area contributed by atoms with Gasteiger partial charge in [0.15, 0.2) is 0 Å². The van der Waals surface area contributed by atoms with Crippen molar-refractivity contribution < 1.29 is 0 Å². The van der Waals surface area contributed by atoms with Crippen LogP contribution in [0.3, 0.4) is 0 Å². The van der Waals surface area contributed by atoms with Crippen molar-refractivity contribution in [2.24, 2.45) is 0 Å². The highest BCUT2D eigenvalue weighted by Gasteiger charge is 2.18. The Morgan fingerprint density at radius 2 is 2.17 bits per heavy atom. The molecule has 1 heteroatoms. The van der Waals surface area contributed by atoms with Crippen molar-refractivity contribution in [3.05, 3.63) is 11.6 Å². The number of nitrogens with zero attached hydrogens (tertiary/aromatic N) is 1. The van der Waals surface area contributed by atoms with Gasteiger partial charge in [-0.3, -0.25) is 4.90 Å². The van der Waals surface area contributed by atoms with Crippen molar-refractivity contribution in [3.8, 4) is 0 Å². The quantitative estimate of drug-likeness (QED) is 0.543. The second-order valence-electron chi connectivity index (χ2n) is 4.22. The molecular weight excluding hydrogens is 146 g/mol. The summed E-state index contributed by atoms with van der Waals surface area (Å²) in [4.78, 5) is 2.59. The maximum Gasteiger partial charge on any atom is 0.0107 e. The van der Waals surface area contributed by atoms with Crippen LogP contribution in [-0.2, 0) is 0 Å². The largest absolute Gasteiger partial charge is 0.298 e. The van der Waals surface area contributed by atoms with Gasteiger partial charge in [0, 0.05) is 18.6 Å². The molecule has 1 atom stereocenters. The Morgan fingerprint density at radius 1 is 1.50 bits per heavy atom. The highest BCUT2D eigenvalue weighted by molar-refractivity contribution is 5.03. The van der Waals surface area contributed by atoms with Crippen LogP contribution in [0.1, 0.15) is 40.5 Å². The highest BCUT2D eigenvalue weighted by Crippen LogP contribution is 2.18. The van der Waals surface area contributed by atoms with E-state index in [9.17, 15) is 0 Å². The molecule has 0 saturated heterocycles. The Kier molecular flexibility index (Phi) is 3.33. The summed E-state index contributed by atoms with van der Waals surface area (Å²) in [6.45, 7) is 10.4. The van der Waals surface area contributed by atoms with Gasteiger partial charge in [0.25, 0.3) is 0 Å². The van der Waals surface area contributed by atoms with Gasteiger partial charge in [0.05, 0.1) is 0 Å². The van der Waals surface area contributed by atoms with Crippen LogP contribution < -0.4 is 0 Å². The van der Waals surface area contributed by atoms with Crippen molar-refractivity contribution in [2.45, 2.75) is 52.6 Å². The fourth-order valence-corrected chi connectivity index (χ4v) is 2.11. The summed E-state index contributed by atoms with van der Waals surface area (Å²) in [5.74, 6) is 0. The lowest BCUT2D eigenvalue weighted by molar-refractivity contribution is 0.171. The Labute approximate surface area is 76.5 Å². The molecule has 1 aliphatic rings. The zero-order chi connectivity index (χ0) is 9.14. The Morgan fingerprint density at radius 3 is 2.75 bits per heavy atom. The SMILES string of the molecule is CC1=CCCN(C(C)C)C(C)C1. The van der Waals surface area contributed by atoms with E-state index in [1.165, 1.54) is 19.4 Å². The van der Waals surface area contributed by atoms with Crippen molar-refractivity contribution >= 4 is 0 Å². The van der Waals surface area contributed by atoms with E-state index >= 15 is 0 Å². The minimum absolute atomic E-state index is 0.694. The summed E-state index contributed by atoms with van der Waals surface area (Å²) in [5, 5.41) is 0. The van der Waals surface area contributed by atoms with Crippen molar-refractivity contribution in [1.29, 1.82) is 0 Å². The molecule has 0 aromatic carbocycles. The summed E-state index contributed by atoms with van der Waals surface area (Å²) in [6, 6.07) is 1.42. The molecule has 1 aliphatic heterocycles. The second kappa shape index (κ2) is 4.08. The normalized spacial score (nSPS) is 27.1. The lowest BCUT2D eigenvalue weighted by Gasteiger charge is -2.31. The molecule has 0 aromatic heterocycles. The number of hydrogen-bond acceptors (Lipinski definition) is 1. The zero-order valence-corrected chi connectivity index (χ0v) is 8.80. The van der Waals surface area contributed by atoms with Gasteiger partial charge in [-0.2, -0.15) is 0 Å². The molecule has 0 aliphatic carbocycles. The fraction of sp³-hybridized carbons (Fsp3) is 0.818. The van der Waals surface area contributed by atoms with E-state index < -0.39 is 0 Å². The molecule has 0 bridgehead atoms. The molecule has 1 rings (SSSR count). The van der Waals surface area contributed by atoms with E-state index in [-0.39, 0.29) is 0 Å². The first kappa shape index (κ1) is 9.79. The van der Waals surface area contributed by atoms with Crippen LogP contribution in [0.15, 0.2) is 11.6 Å². The number of rotatable bonds is 1. The molecule has 1 unspecified atom stereocenters. The Bertz CT molecular complexity index is 170. The van der Waals surface area contributed by atoms with Crippen LogP contribution >= 0.6 is 0 Å². The third kappa shape index (κ3) is 2.34. The minimum atomic E-state index is 0.694. The van der Waals surface area contributed by atoms with Crippen LogP contribution in [0.5, 0.6) is 0 Å². The van der Waals surface area contributed by atoms with Crippen LogP contribution in [0.4, 0.5) is 0 Å². The predicted octanol–water partition coefficient (Wildman–Crippen LogP) is 2.83. The average molecular weight is 167 g/mol. The molecule has 0 amide bonds. The summed E-state index contributed by atoms with van der Waals surface area (Å²) in [7, 11) is 0. The van der Waals surface area contributed by atoms with E-state index in [4.69, 9.17) is 0 Å². The Hall–Kier alpha value is -0.300. The molecule has 0 aromatic rings. The van der Waals surface area contributed by atoms with Crippen molar-refractivity contribution in [3.63, 3.8) is 0 Å². The maximum atomic E-state index is 2.59. The van der Waals surface area contributed by atoms with Crippen molar-refractivity contribution in [1.82, 2.24) is 4.90 Å². The van der Waals surface area contributed by atoms with E-state index in [0.29, 0.717) is 6.04 Å². The Balaban J connectivity index is 2.58. The first-order chi connectivity index (χ1) is 5.61. The van der Waals surface area contributed by atoms with E-state index in [1.54, 1.807) is 5.57 Å². The van der Waals surface area contributed by atoms with Gasteiger partial charge in [-0.25, -0.2) is 0 Å². The third-order valence-electron chi connectivity index (χ3n) is 2.73. The average Bonchev–Trinajstić information content (AvgIpc) is 2.10. The van der Waals surface area contributed by atoms with Gasteiger partial charge in [-0.05, 0) is 40.5 Å². The molecule has 0 fully saturated rings. The van der Waals surface area contributed by atoms with Gasteiger partial charge in [-0.1, -0.05) is 11.6 Å². The molecular formula is C11H21N. The summed E-state index contributed by atoms with van der Waals surface area (Å²) in [6.07, 6.45) is 4.87. The van der Waals surface area contributed by atoms with Crippen molar-refractivity contribution in [2.75, 3.05) is 6.54 Å². The van der Waals surface area contributed by atoms with Crippen LogP contribution in [0.25, 0.3) is 0 Å². The molecule has 1 nitrogen and oxygen atoms in total. The van der Waals surface area contributed by atoms with Gasteiger partial charge < -0.3 is 0 Å². The standard InChI is InChI=1S/C11H21N/c1-9(2)12-7-5-6-10(3)8-11(12)4/h6,9,11H,5,7-8H2,1-4H3. The van der Waals surface area contributed by atoms with E-state index in [2.05, 4.69) is 38.7 Å². The van der Waals surface area contributed by atoms with Gasteiger partial charge >= 0.3 is 0 Å². The number of hydrogen-bond donors (Lipinski definition) is 0. The van der Waals surface area contributed by atoms with E-state index in [0.717, 1.165) is 6.04 Å². The lowest BCUT2D eigenvalue weighted by Crippen LogP contribution is -2.38. The molecule has 1 heterocycles. The summed E-state index contributed by atoms with van der Waals surface area (Å²) in [5.41, 5.74) is 1.56. The van der Waals surface area contributed by atoms with Crippen LogP contribution in [0.2, 0.25) is 0 Å². The van der Waals surface area contributed by atoms with Gasteiger partial charge in [0.2, 0.25) is 0 Å². The smallest absolute Gasteiger partial charge is 0.0107 e. The molecule has 0 N–H and O–H groups in total. The fourth-order valence-electron chi connectivity index (χ4n) is 2.11. The first-order valence-corrected chi connectivity index (χ1v) is 5.02. The third-order valence-corrected chi connectivity index (χ3v) is 2.73. The maximum absolute atomic E-state index is 2.59. The van der Waals surface area contributed by atoms with Gasteiger partial charge in [0.1, 0.15) is 0 Å². The monoisotopic (exact) mass is 167 g/mol. The lowest BCUT2D eigenvalue weighted by atomic mass is 10.1. The molecule has 12 heavy (non-hydrogen) atoms. The topological polar surface area (TPSA) is 3.24 Å². The highest BCUT2D eigenvalue weighted by atomic mass is 15.2. The summed E-state index contributed by atoms with van der Waals surface area (Å²) < 4.78 is 0. The van der Waals surface area contributed by atoms with E-state index in [1.807, 2.05) is 0 Å². The second-order valence-corrected chi connectivity index (χ2v) is 4.22. The first-order valence-electron chi connectivity index (χ1n) is 5.02. The predicted molar refractivity (Wildman–Crippen MR) is 54.3 cm³/mol. The molecule has 0 spiro atoms.